The maximum atomic E-state index is 5.26. The zero-order valence-electron chi connectivity index (χ0n) is 6.25. The molecule has 1 aromatic rings. The molecule has 0 saturated heterocycles. The van der Waals surface area contributed by atoms with Crippen LogP contribution in [0.3, 0.4) is 0 Å². The molecular formula is C9H9BrO. The van der Waals surface area contributed by atoms with Gasteiger partial charge in [0.1, 0.15) is 12.0 Å². The molecular weight excluding hydrogens is 204 g/mol. The molecule has 0 amide bonds. The lowest BCUT2D eigenvalue weighted by Gasteiger charge is -1.97. The first-order chi connectivity index (χ1) is 5.29. The molecule has 0 aliphatic heterocycles. The van der Waals surface area contributed by atoms with Crippen LogP contribution in [-0.2, 0) is 0 Å². The molecule has 0 radical (unpaired) electrons. The van der Waals surface area contributed by atoms with E-state index in [0.29, 0.717) is 0 Å². The van der Waals surface area contributed by atoms with Gasteiger partial charge in [0.15, 0.2) is 0 Å². The average Bonchev–Trinajstić information content (AvgIpc) is 2.03. The van der Waals surface area contributed by atoms with E-state index in [0.717, 1.165) is 10.2 Å². The Morgan fingerprint density at radius 3 is 2.55 bits per heavy atom. The van der Waals surface area contributed by atoms with Gasteiger partial charge in [0.2, 0.25) is 0 Å². The predicted octanol–water partition coefficient (Wildman–Crippen LogP) is 3.32. The highest BCUT2D eigenvalue weighted by atomic mass is 79.9. The first-order valence-electron chi connectivity index (χ1n) is 3.33. The van der Waals surface area contributed by atoms with Crippen molar-refractivity contribution in [3.05, 3.63) is 41.1 Å². The third kappa shape index (κ3) is 3.23. The topological polar surface area (TPSA) is 9.23 Å². The molecule has 1 aromatic carbocycles. The van der Waals surface area contributed by atoms with Gasteiger partial charge >= 0.3 is 0 Å². The van der Waals surface area contributed by atoms with Gasteiger partial charge in [-0.05, 0) is 19.1 Å². The van der Waals surface area contributed by atoms with Crippen molar-refractivity contribution in [3.8, 4) is 5.75 Å². The molecule has 0 atom stereocenters. The van der Waals surface area contributed by atoms with Crippen molar-refractivity contribution in [1.82, 2.24) is 0 Å². The first kappa shape index (κ1) is 8.34. The molecule has 0 fully saturated rings. The lowest BCUT2D eigenvalue weighted by atomic mass is 10.3. The third-order valence-corrected chi connectivity index (χ3v) is 1.29. The summed E-state index contributed by atoms with van der Waals surface area (Å²) in [5.41, 5.74) is 0. The van der Waals surface area contributed by atoms with Crippen molar-refractivity contribution in [2.24, 2.45) is 0 Å². The largest absolute Gasteiger partial charge is 0.464 e. The van der Waals surface area contributed by atoms with Gasteiger partial charge in [0, 0.05) is 4.48 Å². The molecule has 0 unspecified atom stereocenters. The Labute approximate surface area is 74.8 Å². The SMILES string of the molecule is CC(Br)=COc1ccccc1. The number of halogens is 1. The smallest absolute Gasteiger partial charge is 0.126 e. The number of benzene rings is 1. The fraction of sp³-hybridized carbons (Fsp3) is 0.111. The highest BCUT2D eigenvalue weighted by Gasteiger charge is 1.86. The third-order valence-electron chi connectivity index (χ3n) is 1.10. The molecule has 1 rings (SSSR count). The van der Waals surface area contributed by atoms with Crippen LogP contribution in [0.4, 0.5) is 0 Å². The van der Waals surface area contributed by atoms with Gasteiger partial charge in [-0.1, -0.05) is 34.1 Å². The Morgan fingerprint density at radius 2 is 2.00 bits per heavy atom. The Balaban J connectivity index is 2.59. The van der Waals surface area contributed by atoms with Crippen LogP contribution in [0.1, 0.15) is 6.92 Å². The van der Waals surface area contributed by atoms with E-state index in [4.69, 9.17) is 4.74 Å². The number of para-hydroxylation sites is 1. The Hall–Kier alpha value is -0.760. The second-order valence-corrected chi connectivity index (χ2v) is 3.39. The van der Waals surface area contributed by atoms with Crippen LogP contribution in [0, 0.1) is 0 Å². The van der Waals surface area contributed by atoms with Crippen molar-refractivity contribution >= 4 is 15.9 Å². The fourth-order valence-corrected chi connectivity index (χ4v) is 0.742. The minimum absolute atomic E-state index is 0.853. The number of rotatable bonds is 2. The molecule has 1 nitrogen and oxygen atoms in total. The lowest BCUT2D eigenvalue weighted by molar-refractivity contribution is 0.479. The van der Waals surface area contributed by atoms with Crippen LogP contribution in [0.25, 0.3) is 0 Å². The summed E-state index contributed by atoms with van der Waals surface area (Å²) in [6.45, 7) is 1.92. The van der Waals surface area contributed by atoms with Gasteiger partial charge in [-0.2, -0.15) is 0 Å². The maximum Gasteiger partial charge on any atom is 0.126 e. The zero-order chi connectivity index (χ0) is 8.10. The second-order valence-electron chi connectivity index (χ2n) is 2.14. The fourth-order valence-electron chi connectivity index (χ4n) is 0.648. The summed E-state index contributed by atoms with van der Waals surface area (Å²) in [7, 11) is 0. The van der Waals surface area contributed by atoms with E-state index < -0.39 is 0 Å². The second kappa shape index (κ2) is 4.19. The van der Waals surface area contributed by atoms with Crippen LogP contribution in [-0.4, -0.2) is 0 Å². The highest BCUT2D eigenvalue weighted by molar-refractivity contribution is 9.11. The summed E-state index contributed by atoms with van der Waals surface area (Å²) < 4.78 is 6.23. The van der Waals surface area contributed by atoms with Crippen LogP contribution in [0.15, 0.2) is 41.1 Å². The molecule has 2 heteroatoms. The Kier molecular flexibility index (Phi) is 3.17. The average molecular weight is 213 g/mol. The molecule has 0 saturated carbocycles. The summed E-state index contributed by atoms with van der Waals surface area (Å²) in [4.78, 5) is 0. The van der Waals surface area contributed by atoms with Crippen molar-refractivity contribution < 1.29 is 4.74 Å². The molecule has 0 N–H and O–H groups in total. The van der Waals surface area contributed by atoms with Gasteiger partial charge in [0.05, 0.1) is 0 Å². The normalized spacial score (nSPS) is 11.3. The van der Waals surface area contributed by atoms with Crippen molar-refractivity contribution in [3.63, 3.8) is 0 Å². The minimum atomic E-state index is 0.853. The van der Waals surface area contributed by atoms with E-state index >= 15 is 0 Å². The number of hydrogen-bond donors (Lipinski definition) is 0. The number of allylic oxidation sites excluding steroid dienone is 1. The molecule has 11 heavy (non-hydrogen) atoms. The van der Waals surface area contributed by atoms with Gasteiger partial charge < -0.3 is 4.74 Å². The van der Waals surface area contributed by atoms with Crippen LogP contribution in [0.2, 0.25) is 0 Å². The lowest BCUT2D eigenvalue weighted by Crippen LogP contribution is -1.80. The molecule has 0 aromatic heterocycles. The summed E-state index contributed by atoms with van der Waals surface area (Å²) in [5, 5.41) is 0. The molecule has 58 valence electrons. The van der Waals surface area contributed by atoms with E-state index in [-0.39, 0.29) is 0 Å². The van der Waals surface area contributed by atoms with E-state index in [1.807, 2.05) is 37.3 Å². The summed E-state index contributed by atoms with van der Waals surface area (Å²) in [6, 6.07) is 9.65. The van der Waals surface area contributed by atoms with Crippen molar-refractivity contribution in [2.75, 3.05) is 0 Å². The summed E-state index contributed by atoms with van der Waals surface area (Å²) in [5.74, 6) is 0.853. The van der Waals surface area contributed by atoms with Crippen molar-refractivity contribution in [1.29, 1.82) is 0 Å². The molecule has 0 aliphatic carbocycles. The molecule has 0 aliphatic rings. The van der Waals surface area contributed by atoms with Gasteiger partial charge in [0.25, 0.3) is 0 Å². The quantitative estimate of drug-likeness (QED) is 0.684. The number of hydrogen-bond acceptors (Lipinski definition) is 1. The zero-order valence-corrected chi connectivity index (χ0v) is 7.84. The van der Waals surface area contributed by atoms with Crippen molar-refractivity contribution in [2.45, 2.75) is 6.92 Å². The summed E-state index contributed by atoms with van der Waals surface area (Å²) in [6.07, 6.45) is 1.66. The minimum Gasteiger partial charge on any atom is -0.464 e. The van der Waals surface area contributed by atoms with E-state index in [2.05, 4.69) is 15.9 Å². The Bertz CT molecular complexity index is 237. The predicted molar refractivity (Wildman–Crippen MR) is 49.8 cm³/mol. The standard InChI is InChI=1S/C9H9BrO/c1-8(10)7-11-9-5-3-2-4-6-9/h2-7H,1H3. The van der Waals surface area contributed by atoms with Crippen LogP contribution < -0.4 is 4.74 Å². The highest BCUT2D eigenvalue weighted by Crippen LogP contribution is 2.10. The van der Waals surface area contributed by atoms with Gasteiger partial charge in [-0.15, -0.1) is 0 Å². The Morgan fingerprint density at radius 1 is 1.36 bits per heavy atom. The molecule has 0 bridgehead atoms. The molecule has 0 spiro atoms. The van der Waals surface area contributed by atoms with Gasteiger partial charge in [-0.25, -0.2) is 0 Å². The monoisotopic (exact) mass is 212 g/mol. The number of ether oxygens (including phenoxy) is 1. The van der Waals surface area contributed by atoms with E-state index in [9.17, 15) is 0 Å². The van der Waals surface area contributed by atoms with Crippen LogP contribution >= 0.6 is 15.9 Å². The van der Waals surface area contributed by atoms with E-state index in [1.165, 1.54) is 0 Å². The summed E-state index contributed by atoms with van der Waals surface area (Å²) >= 11 is 3.27. The first-order valence-corrected chi connectivity index (χ1v) is 4.12. The maximum absolute atomic E-state index is 5.26. The van der Waals surface area contributed by atoms with E-state index in [1.54, 1.807) is 6.26 Å². The molecule has 0 heterocycles. The van der Waals surface area contributed by atoms with Crippen LogP contribution in [0.5, 0.6) is 5.75 Å². The van der Waals surface area contributed by atoms with Gasteiger partial charge in [-0.3, -0.25) is 0 Å².